The summed E-state index contributed by atoms with van der Waals surface area (Å²) in [6.45, 7) is 10.9. The summed E-state index contributed by atoms with van der Waals surface area (Å²) in [5, 5.41) is 22.8. The van der Waals surface area contributed by atoms with E-state index in [1.54, 1.807) is 10.8 Å². The smallest absolute Gasteiger partial charge is 0.272 e. The summed E-state index contributed by atoms with van der Waals surface area (Å²) >= 11 is 0. The van der Waals surface area contributed by atoms with Crippen LogP contribution in [0.5, 0.6) is 0 Å². The van der Waals surface area contributed by atoms with Gasteiger partial charge in [0.15, 0.2) is 11.3 Å². The van der Waals surface area contributed by atoms with E-state index >= 15 is 0 Å². The fraction of sp³-hybridized carbons (Fsp3) is 0.500. The van der Waals surface area contributed by atoms with Gasteiger partial charge < -0.3 is 15.2 Å². The molecule has 10 heteroatoms. The van der Waals surface area contributed by atoms with E-state index < -0.39 is 0 Å². The maximum absolute atomic E-state index is 13.3. The van der Waals surface area contributed by atoms with Gasteiger partial charge in [0, 0.05) is 41.5 Å². The van der Waals surface area contributed by atoms with Crippen molar-refractivity contribution in [2.45, 2.75) is 84.8 Å². The highest BCUT2D eigenvalue weighted by atomic mass is 16.5. The van der Waals surface area contributed by atoms with Gasteiger partial charge in [-0.05, 0) is 64.0 Å². The highest BCUT2D eigenvalue weighted by Crippen LogP contribution is 2.31. The minimum atomic E-state index is -0.119. The van der Waals surface area contributed by atoms with Gasteiger partial charge in [-0.3, -0.25) is 9.89 Å². The Morgan fingerprint density at radius 3 is 2.64 bits per heavy atom. The van der Waals surface area contributed by atoms with E-state index in [0.29, 0.717) is 11.7 Å². The predicted molar refractivity (Wildman–Crippen MR) is 136 cm³/mol. The third-order valence-electron chi connectivity index (χ3n) is 7.26. The van der Waals surface area contributed by atoms with Gasteiger partial charge in [0.2, 0.25) is 0 Å². The second-order valence-electron chi connectivity index (χ2n) is 10.2. The van der Waals surface area contributed by atoms with E-state index in [-0.39, 0.29) is 17.9 Å². The number of pyridine rings is 1. The lowest BCUT2D eigenvalue weighted by Crippen LogP contribution is -2.42. The molecule has 190 valence electrons. The van der Waals surface area contributed by atoms with E-state index in [9.17, 15) is 4.79 Å². The molecule has 0 saturated heterocycles. The van der Waals surface area contributed by atoms with E-state index in [2.05, 4.69) is 56.0 Å². The molecule has 0 atom stereocenters. The lowest BCUT2D eigenvalue weighted by atomic mass is 9.90. The summed E-state index contributed by atoms with van der Waals surface area (Å²) in [5.74, 6) is 0.874. The Hall–Kier alpha value is -3.53. The molecule has 1 saturated carbocycles. The second kappa shape index (κ2) is 9.85. The summed E-state index contributed by atoms with van der Waals surface area (Å²) < 4.78 is 7.02. The molecular formula is C26H34N8O2. The molecule has 1 fully saturated rings. The van der Waals surface area contributed by atoms with Crippen LogP contribution in [-0.4, -0.2) is 47.9 Å². The highest BCUT2D eigenvalue weighted by molar-refractivity contribution is 5.96. The van der Waals surface area contributed by atoms with Gasteiger partial charge in [-0.25, -0.2) is 9.50 Å². The normalized spacial score (nSPS) is 18.3. The molecule has 0 aromatic carbocycles. The predicted octanol–water partition coefficient (Wildman–Crippen LogP) is 3.99. The Kier molecular flexibility index (Phi) is 6.61. The summed E-state index contributed by atoms with van der Waals surface area (Å²) in [6.07, 6.45) is 7.35. The number of aromatic amines is 1. The standard InChI is InChI=1S/C26H34N8O2/c1-14(2)22-23(18-10-15(3)25-28-13-29-34(25)12-18)31-32-24(22)26(35)30-20-8-6-19(7-9-20)27-11-21-16(4)33-36-17(21)5/h10,12-14,19-20,27H,6-9,11H2,1-5H3,(H,30,35)(H,31,32)/t19-,20+. The maximum atomic E-state index is 13.3. The van der Waals surface area contributed by atoms with Gasteiger partial charge in [-0.15, -0.1) is 0 Å². The average molecular weight is 491 g/mol. The molecular weight excluding hydrogens is 456 g/mol. The average Bonchev–Trinajstić information content (AvgIpc) is 3.58. The molecule has 0 radical (unpaired) electrons. The number of hydrogen-bond donors (Lipinski definition) is 3. The fourth-order valence-electron chi connectivity index (χ4n) is 5.23. The van der Waals surface area contributed by atoms with E-state index in [1.165, 1.54) is 0 Å². The van der Waals surface area contributed by atoms with Crippen molar-refractivity contribution in [3.63, 3.8) is 0 Å². The molecule has 0 bridgehead atoms. The first kappa shape index (κ1) is 24.2. The molecule has 4 aromatic rings. The second-order valence-corrected chi connectivity index (χ2v) is 10.2. The zero-order valence-electron chi connectivity index (χ0n) is 21.6. The largest absolute Gasteiger partial charge is 0.361 e. The summed E-state index contributed by atoms with van der Waals surface area (Å²) in [4.78, 5) is 17.6. The van der Waals surface area contributed by atoms with Crippen LogP contribution in [0.1, 0.15) is 84.1 Å². The molecule has 4 aromatic heterocycles. The molecule has 0 aliphatic heterocycles. The Morgan fingerprint density at radius 2 is 1.94 bits per heavy atom. The zero-order chi connectivity index (χ0) is 25.4. The SMILES string of the molecule is Cc1noc(C)c1CN[C@H]1CC[C@@H](NC(=O)c2n[nH]c(-c3cc(C)c4ncnn4c3)c2C(C)C)CC1. The summed E-state index contributed by atoms with van der Waals surface area (Å²) in [7, 11) is 0. The fourth-order valence-corrected chi connectivity index (χ4v) is 5.23. The van der Waals surface area contributed by atoms with Gasteiger partial charge in [-0.1, -0.05) is 19.0 Å². The van der Waals surface area contributed by atoms with Crippen LogP contribution in [0.25, 0.3) is 16.9 Å². The molecule has 4 heterocycles. The van der Waals surface area contributed by atoms with Gasteiger partial charge in [0.25, 0.3) is 5.91 Å². The van der Waals surface area contributed by atoms with Gasteiger partial charge >= 0.3 is 0 Å². The van der Waals surface area contributed by atoms with Crippen LogP contribution in [0.2, 0.25) is 0 Å². The molecule has 3 N–H and O–H groups in total. The van der Waals surface area contributed by atoms with Gasteiger partial charge in [0.1, 0.15) is 12.1 Å². The number of nitrogens with one attached hydrogen (secondary N) is 3. The highest BCUT2D eigenvalue weighted by Gasteiger charge is 2.27. The van der Waals surface area contributed by atoms with Crippen molar-refractivity contribution in [3.8, 4) is 11.3 Å². The molecule has 1 aliphatic rings. The van der Waals surface area contributed by atoms with Crippen molar-refractivity contribution in [2.75, 3.05) is 0 Å². The number of amides is 1. The first-order valence-corrected chi connectivity index (χ1v) is 12.7. The minimum Gasteiger partial charge on any atom is -0.361 e. The van der Waals surface area contributed by atoms with Crippen LogP contribution in [0.3, 0.4) is 0 Å². The van der Waals surface area contributed by atoms with E-state index in [4.69, 9.17) is 4.52 Å². The lowest BCUT2D eigenvalue weighted by molar-refractivity contribution is 0.0917. The molecule has 36 heavy (non-hydrogen) atoms. The molecule has 1 amide bonds. The Bertz CT molecular complexity index is 1350. The number of aryl methyl sites for hydroxylation is 3. The molecule has 0 unspecified atom stereocenters. The zero-order valence-corrected chi connectivity index (χ0v) is 21.6. The van der Waals surface area contributed by atoms with Crippen molar-refractivity contribution in [1.82, 2.24) is 40.6 Å². The van der Waals surface area contributed by atoms with E-state index in [1.807, 2.05) is 27.0 Å². The first-order chi connectivity index (χ1) is 17.3. The lowest BCUT2D eigenvalue weighted by Gasteiger charge is -2.29. The van der Waals surface area contributed by atoms with Crippen LogP contribution in [0, 0.1) is 20.8 Å². The van der Waals surface area contributed by atoms with Crippen molar-refractivity contribution in [2.24, 2.45) is 0 Å². The van der Waals surface area contributed by atoms with Crippen LogP contribution in [0.15, 0.2) is 23.1 Å². The number of carbonyl (C=O) groups is 1. The number of hydrogen-bond acceptors (Lipinski definition) is 7. The van der Waals surface area contributed by atoms with Crippen LogP contribution < -0.4 is 10.6 Å². The number of carbonyl (C=O) groups excluding carboxylic acids is 1. The minimum absolute atomic E-state index is 0.119. The number of nitrogens with zero attached hydrogens (tertiary/aromatic N) is 5. The first-order valence-electron chi connectivity index (χ1n) is 12.7. The van der Waals surface area contributed by atoms with Gasteiger partial charge in [-0.2, -0.15) is 10.2 Å². The van der Waals surface area contributed by atoms with Crippen LogP contribution in [-0.2, 0) is 6.54 Å². The quantitative estimate of drug-likeness (QED) is 0.358. The molecule has 5 rings (SSSR count). The Balaban J connectivity index is 1.24. The van der Waals surface area contributed by atoms with Crippen molar-refractivity contribution in [3.05, 3.63) is 52.4 Å². The maximum Gasteiger partial charge on any atom is 0.272 e. The van der Waals surface area contributed by atoms with Crippen LogP contribution >= 0.6 is 0 Å². The van der Waals surface area contributed by atoms with Crippen LogP contribution in [0.4, 0.5) is 0 Å². The van der Waals surface area contributed by atoms with Crippen molar-refractivity contribution in [1.29, 1.82) is 0 Å². The van der Waals surface area contributed by atoms with Crippen molar-refractivity contribution >= 4 is 11.6 Å². The number of H-pyrrole nitrogens is 1. The molecule has 1 aliphatic carbocycles. The number of aromatic nitrogens is 6. The number of fused-ring (bicyclic) bond motifs is 1. The van der Waals surface area contributed by atoms with E-state index in [0.717, 1.165) is 77.3 Å². The van der Waals surface area contributed by atoms with Crippen molar-refractivity contribution < 1.29 is 9.32 Å². The topological polar surface area (TPSA) is 126 Å². The number of rotatable bonds is 7. The summed E-state index contributed by atoms with van der Waals surface area (Å²) in [5.41, 5.74) is 7.08. The summed E-state index contributed by atoms with van der Waals surface area (Å²) in [6, 6.07) is 2.62. The third-order valence-corrected chi connectivity index (χ3v) is 7.26. The molecule has 0 spiro atoms. The third kappa shape index (κ3) is 4.65. The van der Waals surface area contributed by atoms with Gasteiger partial charge in [0.05, 0.1) is 11.4 Å². The molecule has 10 nitrogen and oxygen atoms in total. The Labute approximate surface area is 210 Å². The monoisotopic (exact) mass is 490 g/mol. The Morgan fingerprint density at radius 1 is 1.19 bits per heavy atom.